The molecule has 0 spiro atoms. The Labute approximate surface area is 250 Å². The average Bonchev–Trinajstić information content (AvgIpc) is 3.45. The topological polar surface area (TPSA) is 103 Å². The minimum Gasteiger partial charge on any atom is -0.481 e. The van der Waals surface area contributed by atoms with Crippen molar-refractivity contribution in [3.8, 4) is 22.3 Å². The number of aromatic amines is 1. The lowest BCUT2D eigenvalue weighted by Crippen LogP contribution is -2.27. The van der Waals surface area contributed by atoms with Crippen molar-refractivity contribution in [1.82, 2.24) is 9.99 Å². The molecule has 9 heteroatoms. The highest BCUT2D eigenvalue weighted by Crippen LogP contribution is 2.38. The fourth-order valence-corrected chi connectivity index (χ4v) is 5.64. The van der Waals surface area contributed by atoms with Crippen LogP contribution in [0.1, 0.15) is 36.4 Å². The lowest BCUT2D eigenvalue weighted by atomic mass is 9.90. The van der Waals surface area contributed by atoms with E-state index < -0.39 is 17.9 Å². The molecule has 0 fully saturated rings. The molecule has 1 amide bonds. The number of rotatable bonds is 7. The quantitative estimate of drug-likeness (QED) is 0.208. The highest BCUT2D eigenvalue weighted by molar-refractivity contribution is 6.31. The van der Waals surface area contributed by atoms with E-state index in [0.717, 1.165) is 27.6 Å². The van der Waals surface area contributed by atoms with Gasteiger partial charge in [-0.1, -0.05) is 78.3 Å². The van der Waals surface area contributed by atoms with Gasteiger partial charge in [0.25, 0.3) is 5.56 Å². The number of halogens is 2. The number of hydrogen-bond acceptors (Lipinski definition) is 4. The number of carboxylic acids is 1. The number of nitrogens with one attached hydrogen (secondary N) is 1. The number of benzene rings is 4. The van der Waals surface area contributed by atoms with Crippen LogP contribution in [0.3, 0.4) is 0 Å². The maximum Gasteiger partial charge on any atom is 0.303 e. The number of amides is 1. The number of pyridine rings is 1. The lowest BCUT2D eigenvalue weighted by molar-refractivity contribution is -0.141. The first-order valence-corrected chi connectivity index (χ1v) is 14.0. The Morgan fingerprint density at radius 2 is 1.56 bits per heavy atom. The molecule has 0 bridgehead atoms. The fraction of sp³-hybridized carbons (Fsp3) is 0.118. The molecule has 6 rings (SSSR count). The predicted octanol–water partition coefficient (Wildman–Crippen LogP) is 7.20. The van der Waals surface area contributed by atoms with Crippen LogP contribution in [-0.2, 0) is 9.59 Å². The van der Waals surface area contributed by atoms with Gasteiger partial charge in [0.15, 0.2) is 0 Å². The Morgan fingerprint density at radius 3 is 2.23 bits per heavy atom. The first-order chi connectivity index (χ1) is 20.8. The summed E-state index contributed by atoms with van der Waals surface area (Å²) < 4.78 is 13.4. The van der Waals surface area contributed by atoms with Crippen LogP contribution < -0.4 is 5.56 Å². The van der Waals surface area contributed by atoms with Crippen LogP contribution in [0.2, 0.25) is 5.02 Å². The molecule has 7 nitrogen and oxygen atoms in total. The van der Waals surface area contributed by atoms with Crippen molar-refractivity contribution in [3.05, 3.63) is 129 Å². The molecular weight excluding hydrogens is 569 g/mol. The number of nitrogens with zero attached hydrogens (tertiary/aromatic N) is 2. The highest BCUT2D eigenvalue weighted by Gasteiger charge is 2.35. The van der Waals surface area contributed by atoms with Crippen LogP contribution in [0.4, 0.5) is 4.39 Å². The molecule has 4 aromatic carbocycles. The summed E-state index contributed by atoms with van der Waals surface area (Å²) in [5.41, 5.74) is 4.85. The van der Waals surface area contributed by atoms with Gasteiger partial charge < -0.3 is 10.1 Å². The minimum atomic E-state index is -1.09. The van der Waals surface area contributed by atoms with Gasteiger partial charge in [0.05, 0.1) is 23.7 Å². The molecule has 43 heavy (non-hydrogen) atoms. The maximum atomic E-state index is 13.7. The molecule has 1 unspecified atom stereocenters. The second-order valence-corrected chi connectivity index (χ2v) is 10.7. The molecule has 1 aliphatic rings. The molecule has 1 aliphatic heterocycles. The van der Waals surface area contributed by atoms with Crippen molar-refractivity contribution in [2.24, 2.45) is 5.10 Å². The van der Waals surface area contributed by atoms with Crippen LogP contribution in [0, 0.1) is 5.82 Å². The van der Waals surface area contributed by atoms with Gasteiger partial charge in [0.1, 0.15) is 5.82 Å². The number of hydrazone groups is 1. The van der Waals surface area contributed by atoms with E-state index in [4.69, 9.17) is 11.6 Å². The van der Waals surface area contributed by atoms with E-state index in [1.807, 2.05) is 54.6 Å². The molecular formula is C34H25ClFN3O4. The van der Waals surface area contributed by atoms with Gasteiger partial charge in [0.2, 0.25) is 5.91 Å². The van der Waals surface area contributed by atoms with Crippen molar-refractivity contribution < 1.29 is 19.1 Å². The van der Waals surface area contributed by atoms with E-state index in [1.54, 1.807) is 30.3 Å². The Kier molecular flexibility index (Phi) is 7.61. The summed E-state index contributed by atoms with van der Waals surface area (Å²) in [5.74, 6) is -1.88. The zero-order valence-electron chi connectivity index (χ0n) is 22.8. The van der Waals surface area contributed by atoms with E-state index in [1.165, 1.54) is 17.1 Å². The van der Waals surface area contributed by atoms with Gasteiger partial charge in [0, 0.05) is 34.3 Å². The van der Waals surface area contributed by atoms with Gasteiger partial charge >= 0.3 is 5.97 Å². The van der Waals surface area contributed by atoms with Gasteiger partial charge in [-0.3, -0.25) is 14.4 Å². The Morgan fingerprint density at radius 1 is 0.884 bits per heavy atom. The predicted molar refractivity (Wildman–Crippen MR) is 164 cm³/mol. The molecule has 0 aliphatic carbocycles. The SMILES string of the molecule is O=C(O)CCC(=O)N1N=C(c2c(-c3ccccc3)c3cc(Cl)ccc3[nH]c2=O)CC1c1ccc(-c2ccc(F)cc2)cc1. The summed E-state index contributed by atoms with van der Waals surface area (Å²) in [5, 5.41) is 16.4. The van der Waals surface area contributed by atoms with E-state index in [9.17, 15) is 23.9 Å². The lowest BCUT2D eigenvalue weighted by Gasteiger charge is -2.22. The standard InChI is InChI=1S/C34H25ClFN3O4/c35-24-12-15-27-26(18-24)32(23-4-2-1-3-5-23)33(34(43)37-27)28-19-29(39(38-28)30(40)16-17-31(41)42)22-8-6-20(7-9-22)21-10-13-25(36)14-11-21/h1-15,18,29H,16-17,19H2,(H,37,43)(H,41,42). The average molecular weight is 594 g/mol. The number of carboxylic acid groups (broad SMARTS) is 1. The van der Waals surface area contributed by atoms with Crippen molar-refractivity contribution >= 4 is 40.1 Å². The van der Waals surface area contributed by atoms with Gasteiger partial charge in [-0.15, -0.1) is 0 Å². The third-order valence-electron chi connectivity index (χ3n) is 7.52. The summed E-state index contributed by atoms with van der Waals surface area (Å²) in [6.45, 7) is 0. The van der Waals surface area contributed by atoms with Crippen LogP contribution >= 0.6 is 11.6 Å². The van der Waals surface area contributed by atoms with Gasteiger partial charge in [-0.2, -0.15) is 5.10 Å². The van der Waals surface area contributed by atoms with E-state index in [2.05, 4.69) is 10.1 Å². The fourth-order valence-electron chi connectivity index (χ4n) is 5.46. The Balaban J connectivity index is 1.46. The normalized spacial score (nSPS) is 14.6. The summed E-state index contributed by atoms with van der Waals surface area (Å²) in [7, 11) is 0. The Hall–Kier alpha value is -5.08. The molecule has 2 heterocycles. The summed E-state index contributed by atoms with van der Waals surface area (Å²) in [6.07, 6.45) is -0.365. The van der Waals surface area contributed by atoms with Gasteiger partial charge in [-0.05, 0) is 52.6 Å². The van der Waals surface area contributed by atoms with Crippen molar-refractivity contribution in [1.29, 1.82) is 0 Å². The number of fused-ring (bicyclic) bond motifs is 1. The molecule has 2 N–H and O–H groups in total. The van der Waals surface area contributed by atoms with Crippen molar-refractivity contribution in [2.45, 2.75) is 25.3 Å². The zero-order valence-corrected chi connectivity index (χ0v) is 23.5. The third-order valence-corrected chi connectivity index (χ3v) is 7.75. The number of H-pyrrole nitrogens is 1. The van der Waals surface area contributed by atoms with Crippen LogP contribution in [0.15, 0.2) is 107 Å². The highest BCUT2D eigenvalue weighted by atomic mass is 35.5. The molecule has 0 saturated heterocycles. The molecule has 0 radical (unpaired) electrons. The smallest absolute Gasteiger partial charge is 0.303 e. The second-order valence-electron chi connectivity index (χ2n) is 10.3. The third kappa shape index (κ3) is 5.69. The molecule has 214 valence electrons. The number of carbonyl (C=O) groups excluding carboxylic acids is 1. The first kappa shape index (κ1) is 28.1. The van der Waals surface area contributed by atoms with E-state index in [0.29, 0.717) is 27.4 Å². The van der Waals surface area contributed by atoms with Crippen molar-refractivity contribution in [3.63, 3.8) is 0 Å². The van der Waals surface area contributed by atoms with Crippen molar-refractivity contribution in [2.75, 3.05) is 0 Å². The zero-order chi connectivity index (χ0) is 30.1. The second kappa shape index (κ2) is 11.7. The summed E-state index contributed by atoms with van der Waals surface area (Å²) >= 11 is 6.38. The Bertz CT molecular complexity index is 1940. The van der Waals surface area contributed by atoms with Crippen LogP contribution in [0.25, 0.3) is 33.2 Å². The summed E-state index contributed by atoms with van der Waals surface area (Å²) in [4.78, 5) is 41.2. The number of hydrogen-bond donors (Lipinski definition) is 2. The number of carbonyl (C=O) groups is 2. The minimum absolute atomic E-state index is 0.226. The summed E-state index contributed by atoms with van der Waals surface area (Å²) in [6, 6.07) is 27.7. The molecule has 1 atom stereocenters. The largest absolute Gasteiger partial charge is 0.481 e. The number of aliphatic carboxylic acids is 1. The molecule has 5 aromatic rings. The van der Waals surface area contributed by atoms with E-state index >= 15 is 0 Å². The van der Waals surface area contributed by atoms with Gasteiger partial charge in [-0.25, -0.2) is 9.40 Å². The molecule has 0 saturated carbocycles. The van der Waals surface area contributed by atoms with Crippen LogP contribution in [0.5, 0.6) is 0 Å². The first-order valence-electron chi connectivity index (χ1n) is 13.7. The monoisotopic (exact) mass is 593 g/mol. The number of aromatic nitrogens is 1. The molecule has 1 aromatic heterocycles. The van der Waals surface area contributed by atoms with Crippen LogP contribution in [-0.4, -0.2) is 32.7 Å². The maximum absolute atomic E-state index is 13.7. The van der Waals surface area contributed by atoms with E-state index in [-0.39, 0.29) is 30.6 Å².